The van der Waals surface area contributed by atoms with Gasteiger partial charge in [0, 0.05) is 0 Å². The molecule has 1 amide bonds. The fourth-order valence-corrected chi connectivity index (χ4v) is 2.43. The molecule has 1 atom stereocenters. The Morgan fingerprint density at radius 1 is 1.44 bits per heavy atom. The number of ether oxygens (including phenoxy) is 1. The molecule has 18 heavy (non-hydrogen) atoms. The first-order valence-corrected chi connectivity index (χ1v) is 6.03. The van der Waals surface area contributed by atoms with Crippen molar-refractivity contribution < 1.29 is 14.6 Å². The van der Waals surface area contributed by atoms with E-state index < -0.39 is 6.04 Å². The monoisotopic (exact) mass is 250 g/mol. The molecule has 0 aromatic heterocycles. The van der Waals surface area contributed by atoms with Crippen LogP contribution in [0.3, 0.4) is 0 Å². The molecule has 1 fully saturated rings. The predicted octanol–water partition coefficient (Wildman–Crippen LogP) is 1.02. The molecule has 0 aliphatic carbocycles. The average molecular weight is 250 g/mol. The average Bonchev–Trinajstić information content (AvgIpc) is 2.82. The highest BCUT2D eigenvalue weighted by atomic mass is 16.5. The number of aromatic hydroxyl groups is 1. The number of likely N-dealkylation sites (tertiary alicyclic amines) is 1. The lowest BCUT2D eigenvalue weighted by Crippen LogP contribution is -2.35. The van der Waals surface area contributed by atoms with Crippen LogP contribution in [-0.2, 0) is 4.79 Å². The zero-order chi connectivity index (χ0) is 13.1. The summed E-state index contributed by atoms with van der Waals surface area (Å²) >= 11 is 0. The second-order valence-electron chi connectivity index (χ2n) is 4.48. The summed E-state index contributed by atoms with van der Waals surface area (Å²) in [7, 11) is 1.49. The van der Waals surface area contributed by atoms with Crippen molar-refractivity contribution in [2.75, 3.05) is 20.2 Å². The van der Waals surface area contributed by atoms with Gasteiger partial charge in [-0.2, -0.15) is 0 Å². The lowest BCUT2D eigenvalue weighted by Gasteiger charge is -2.25. The number of phenols is 1. The molecule has 1 heterocycles. The van der Waals surface area contributed by atoms with Crippen molar-refractivity contribution in [1.29, 1.82) is 0 Å². The third kappa shape index (κ3) is 2.41. The number of rotatable bonds is 4. The Hall–Kier alpha value is -1.75. The summed E-state index contributed by atoms with van der Waals surface area (Å²) in [6, 6.07) is 4.50. The normalized spacial score (nSPS) is 17.6. The van der Waals surface area contributed by atoms with E-state index in [-0.39, 0.29) is 11.7 Å². The standard InChI is InChI=1S/C13H18N2O3/c1-18-11-5-4-9(8-10(11)16)12(13(14)17)15-6-2-3-7-15/h4-5,8,12,16H,2-3,6-7H2,1H3,(H2,14,17). The van der Waals surface area contributed by atoms with Gasteiger partial charge in [-0.25, -0.2) is 0 Å². The van der Waals surface area contributed by atoms with E-state index in [9.17, 15) is 9.90 Å². The van der Waals surface area contributed by atoms with Gasteiger partial charge < -0.3 is 15.6 Å². The number of carbonyl (C=O) groups excluding carboxylic acids is 1. The number of hydrogen-bond acceptors (Lipinski definition) is 4. The van der Waals surface area contributed by atoms with Crippen LogP contribution in [0.2, 0.25) is 0 Å². The highest BCUT2D eigenvalue weighted by Crippen LogP contribution is 2.32. The highest BCUT2D eigenvalue weighted by Gasteiger charge is 2.28. The smallest absolute Gasteiger partial charge is 0.239 e. The summed E-state index contributed by atoms with van der Waals surface area (Å²) in [5.41, 5.74) is 6.19. The van der Waals surface area contributed by atoms with Crippen molar-refractivity contribution in [3.8, 4) is 11.5 Å². The first-order valence-electron chi connectivity index (χ1n) is 6.03. The van der Waals surface area contributed by atoms with Crippen LogP contribution in [0.4, 0.5) is 0 Å². The van der Waals surface area contributed by atoms with Crippen molar-refractivity contribution in [2.45, 2.75) is 18.9 Å². The third-order valence-electron chi connectivity index (χ3n) is 3.29. The van der Waals surface area contributed by atoms with Crippen molar-refractivity contribution in [1.82, 2.24) is 4.90 Å². The quantitative estimate of drug-likeness (QED) is 0.836. The molecule has 3 N–H and O–H groups in total. The Kier molecular flexibility index (Phi) is 3.72. The number of methoxy groups -OCH3 is 1. The number of primary amides is 1. The lowest BCUT2D eigenvalue weighted by molar-refractivity contribution is -0.123. The van der Waals surface area contributed by atoms with Gasteiger partial charge in [-0.1, -0.05) is 6.07 Å². The zero-order valence-corrected chi connectivity index (χ0v) is 10.4. The van der Waals surface area contributed by atoms with Crippen molar-refractivity contribution in [3.63, 3.8) is 0 Å². The van der Waals surface area contributed by atoms with Crippen LogP contribution in [0.15, 0.2) is 18.2 Å². The van der Waals surface area contributed by atoms with Crippen molar-refractivity contribution in [3.05, 3.63) is 23.8 Å². The molecule has 0 radical (unpaired) electrons. The van der Waals surface area contributed by atoms with E-state index in [1.807, 2.05) is 4.90 Å². The third-order valence-corrected chi connectivity index (χ3v) is 3.29. The molecule has 0 bridgehead atoms. The van der Waals surface area contributed by atoms with Gasteiger partial charge in [0.1, 0.15) is 6.04 Å². The summed E-state index contributed by atoms with van der Waals surface area (Å²) in [4.78, 5) is 13.7. The largest absolute Gasteiger partial charge is 0.504 e. The first kappa shape index (κ1) is 12.7. The molecule has 0 spiro atoms. The number of carbonyl (C=O) groups is 1. The van der Waals surface area contributed by atoms with Crippen LogP contribution in [0.25, 0.3) is 0 Å². The topological polar surface area (TPSA) is 75.8 Å². The molecule has 98 valence electrons. The molecule has 1 unspecified atom stereocenters. The van der Waals surface area contributed by atoms with E-state index in [2.05, 4.69) is 0 Å². The van der Waals surface area contributed by atoms with Gasteiger partial charge in [-0.05, 0) is 43.6 Å². The number of phenolic OH excluding ortho intramolecular Hbond substituents is 1. The molecule has 5 heteroatoms. The molecular formula is C13H18N2O3. The van der Waals surface area contributed by atoms with Gasteiger partial charge in [-0.3, -0.25) is 9.69 Å². The molecule has 1 aliphatic heterocycles. The van der Waals surface area contributed by atoms with Gasteiger partial charge in [0.15, 0.2) is 11.5 Å². The summed E-state index contributed by atoms with van der Waals surface area (Å²) in [5, 5.41) is 9.77. The predicted molar refractivity (Wildman–Crippen MR) is 67.4 cm³/mol. The molecule has 0 saturated carbocycles. The van der Waals surface area contributed by atoms with Crippen LogP contribution in [0, 0.1) is 0 Å². The maximum absolute atomic E-state index is 11.6. The first-order chi connectivity index (χ1) is 8.63. The van der Waals surface area contributed by atoms with Crippen LogP contribution < -0.4 is 10.5 Å². The summed E-state index contributed by atoms with van der Waals surface area (Å²) < 4.78 is 4.99. The second-order valence-corrected chi connectivity index (χ2v) is 4.48. The molecule has 5 nitrogen and oxygen atoms in total. The summed E-state index contributed by atoms with van der Waals surface area (Å²) in [6.45, 7) is 1.72. The fraction of sp³-hybridized carbons (Fsp3) is 0.462. The van der Waals surface area contributed by atoms with E-state index >= 15 is 0 Å². The van der Waals surface area contributed by atoms with Crippen molar-refractivity contribution >= 4 is 5.91 Å². The Labute approximate surface area is 106 Å². The number of hydrogen-bond donors (Lipinski definition) is 2. The van der Waals surface area contributed by atoms with Gasteiger partial charge in [-0.15, -0.1) is 0 Å². The van der Waals surface area contributed by atoms with Crippen LogP contribution >= 0.6 is 0 Å². The Morgan fingerprint density at radius 3 is 2.61 bits per heavy atom. The van der Waals surface area contributed by atoms with Gasteiger partial charge >= 0.3 is 0 Å². The molecule has 1 aliphatic rings. The number of nitrogens with two attached hydrogens (primary N) is 1. The molecular weight excluding hydrogens is 232 g/mol. The number of benzene rings is 1. The minimum atomic E-state index is -0.468. The van der Waals surface area contributed by atoms with E-state index in [4.69, 9.17) is 10.5 Å². The SMILES string of the molecule is COc1ccc(C(C(N)=O)N2CCCC2)cc1O. The number of amides is 1. The van der Waals surface area contributed by atoms with E-state index in [1.54, 1.807) is 18.2 Å². The Bertz CT molecular complexity index is 442. The highest BCUT2D eigenvalue weighted by molar-refractivity contribution is 5.81. The van der Waals surface area contributed by atoms with E-state index in [0.717, 1.165) is 25.9 Å². The lowest BCUT2D eigenvalue weighted by atomic mass is 10.0. The van der Waals surface area contributed by atoms with Gasteiger partial charge in [0.05, 0.1) is 7.11 Å². The Balaban J connectivity index is 2.30. The minimum Gasteiger partial charge on any atom is -0.504 e. The number of nitrogens with zero attached hydrogens (tertiary/aromatic N) is 1. The maximum Gasteiger partial charge on any atom is 0.239 e. The summed E-state index contributed by atoms with van der Waals surface area (Å²) in [6.07, 6.45) is 2.15. The second kappa shape index (κ2) is 5.27. The summed E-state index contributed by atoms with van der Waals surface area (Å²) in [5.74, 6) is 0.0327. The van der Waals surface area contributed by atoms with Gasteiger partial charge in [0.2, 0.25) is 5.91 Å². The Morgan fingerprint density at radius 2 is 2.11 bits per heavy atom. The van der Waals surface area contributed by atoms with Crippen LogP contribution in [0.1, 0.15) is 24.4 Å². The van der Waals surface area contributed by atoms with Crippen LogP contribution in [-0.4, -0.2) is 36.1 Å². The maximum atomic E-state index is 11.6. The van der Waals surface area contributed by atoms with E-state index in [1.165, 1.54) is 7.11 Å². The molecule has 1 aromatic rings. The molecule has 2 rings (SSSR count). The van der Waals surface area contributed by atoms with Crippen LogP contribution in [0.5, 0.6) is 11.5 Å². The fourth-order valence-electron chi connectivity index (χ4n) is 2.43. The molecule has 1 saturated heterocycles. The molecule has 1 aromatic carbocycles. The van der Waals surface area contributed by atoms with Crippen molar-refractivity contribution in [2.24, 2.45) is 5.73 Å². The minimum absolute atomic E-state index is 0.0282. The zero-order valence-electron chi connectivity index (χ0n) is 10.4. The van der Waals surface area contributed by atoms with E-state index in [0.29, 0.717) is 11.3 Å². The van der Waals surface area contributed by atoms with Gasteiger partial charge in [0.25, 0.3) is 0 Å².